The molecule has 1 radical (unpaired) electrons. The summed E-state index contributed by atoms with van der Waals surface area (Å²) in [4.78, 5) is 4.17. The van der Waals surface area contributed by atoms with E-state index in [4.69, 9.17) is 5.26 Å². The van der Waals surface area contributed by atoms with E-state index in [9.17, 15) is 0 Å². The lowest BCUT2D eigenvalue weighted by Gasteiger charge is -1.98. The zero-order chi connectivity index (χ0) is 9.80. The Bertz CT molecular complexity index is 452. The first-order valence-electron chi connectivity index (χ1n) is 4.23. The summed E-state index contributed by atoms with van der Waals surface area (Å²) in [5, 5.41) is 8.63. The molecular weight excluding hydrogens is 172 g/mol. The van der Waals surface area contributed by atoms with Crippen LogP contribution >= 0.6 is 0 Å². The van der Waals surface area contributed by atoms with E-state index < -0.39 is 0 Å². The van der Waals surface area contributed by atoms with E-state index in [2.05, 4.69) is 17.1 Å². The molecule has 0 fully saturated rings. The Hall–Kier alpha value is -2.14. The molecule has 0 bridgehead atoms. The Morgan fingerprint density at radius 1 is 1.21 bits per heavy atom. The van der Waals surface area contributed by atoms with Gasteiger partial charge in [-0.05, 0) is 18.2 Å². The fourth-order valence-electron chi connectivity index (χ4n) is 1.19. The first kappa shape index (κ1) is 8.46. The van der Waals surface area contributed by atoms with Crippen molar-refractivity contribution in [3.05, 3.63) is 54.2 Å². The fraction of sp³-hybridized carbons (Fsp3) is 0. The van der Waals surface area contributed by atoms with Gasteiger partial charge in [-0.1, -0.05) is 18.2 Å². The van der Waals surface area contributed by atoms with Crippen molar-refractivity contribution in [1.82, 2.24) is 4.98 Å². The normalized spacial score (nSPS) is 9.36. The van der Waals surface area contributed by atoms with Gasteiger partial charge in [-0.15, -0.1) is 0 Å². The van der Waals surface area contributed by atoms with Crippen LogP contribution in [0.25, 0.3) is 11.3 Å². The topological polar surface area (TPSA) is 36.7 Å². The second-order valence-electron chi connectivity index (χ2n) is 2.82. The van der Waals surface area contributed by atoms with E-state index in [1.54, 1.807) is 18.3 Å². The van der Waals surface area contributed by atoms with Crippen LogP contribution in [0.2, 0.25) is 0 Å². The standard InChI is InChI=1S/C12H7N2/c13-9-10-4-6-11(7-5-10)12-3-1-2-8-14-12/h1-2,4-8H. The molecule has 0 N–H and O–H groups in total. The molecule has 14 heavy (non-hydrogen) atoms. The van der Waals surface area contributed by atoms with Gasteiger partial charge in [-0.3, -0.25) is 4.98 Å². The Morgan fingerprint density at radius 2 is 2.00 bits per heavy atom. The molecule has 0 saturated carbocycles. The highest BCUT2D eigenvalue weighted by molar-refractivity contribution is 5.59. The molecule has 0 aliphatic heterocycles. The predicted octanol–water partition coefficient (Wildman–Crippen LogP) is 2.42. The van der Waals surface area contributed by atoms with Crippen molar-refractivity contribution >= 4 is 0 Å². The van der Waals surface area contributed by atoms with Crippen LogP contribution < -0.4 is 0 Å². The molecule has 2 rings (SSSR count). The monoisotopic (exact) mass is 179 g/mol. The molecule has 65 valence electrons. The summed E-state index contributed by atoms with van der Waals surface area (Å²) < 4.78 is 0. The van der Waals surface area contributed by atoms with E-state index in [0.717, 1.165) is 11.3 Å². The number of nitrogens with zero attached hydrogens (tertiary/aromatic N) is 2. The molecule has 0 atom stereocenters. The van der Waals surface area contributed by atoms with Crippen LogP contribution in [-0.4, -0.2) is 4.98 Å². The number of rotatable bonds is 1. The highest BCUT2D eigenvalue weighted by Gasteiger charge is 1.97. The van der Waals surface area contributed by atoms with Crippen LogP contribution in [0.4, 0.5) is 0 Å². The van der Waals surface area contributed by atoms with Crippen LogP contribution in [0.1, 0.15) is 5.56 Å². The Kier molecular flexibility index (Phi) is 2.24. The van der Waals surface area contributed by atoms with Gasteiger partial charge in [-0.2, -0.15) is 5.26 Å². The van der Waals surface area contributed by atoms with Crippen LogP contribution in [0.15, 0.2) is 42.6 Å². The van der Waals surface area contributed by atoms with Gasteiger partial charge in [0.1, 0.15) is 0 Å². The lowest BCUT2D eigenvalue weighted by atomic mass is 10.1. The second kappa shape index (κ2) is 3.71. The number of aromatic nitrogens is 1. The van der Waals surface area contributed by atoms with Crippen LogP contribution in [0, 0.1) is 17.4 Å². The minimum Gasteiger partial charge on any atom is -0.256 e. The zero-order valence-electron chi connectivity index (χ0n) is 7.44. The van der Waals surface area contributed by atoms with Gasteiger partial charge in [0.2, 0.25) is 0 Å². The molecule has 1 aromatic heterocycles. The molecule has 0 aliphatic carbocycles. The number of hydrogen-bond donors (Lipinski definition) is 0. The molecule has 0 aliphatic rings. The third kappa shape index (κ3) is 1.62. The molecular formula is C12H7N2. The van der Waals surface area contributed by atoms with Crippen molar-refractivity contribution in [1.29, 1.82) is 5.26 Å². The van der Waals surface area contributed by atoms with Gasteiger partial charge in [0.15, 0.2) is 0 Å². The molecule has 2 aromatic rings. The highest BCUT2D eigenvalue weighted by Crippen LogP contribution is 2.15. The summed E-state index contributed by atoms with van der Waals surface area (Å²) in [7, 11) is 0. The maximum atomic E-state index is 8.63. The molecule has 2 nitrogen and oxygen atoms in total. The van der Waals surface area contributed by atoms with Gasteiger partial charge in [0.25, 0.3) is 0 Å². The van der Waals surface area contributed by atoms with Crippen molar-refractivity contribution in [2.75, 3.05) is 0 Å². The third-order valence-corrected chi connectivity index (χ3v) is 1.89. The van der Waals surface area contributed by atoms with Crippen LogP contribution in [-0.2, 0) is 0 Å². The van der Waals surface area contributed by atoms with Gasteiger partial charge in [-0.25, -0.2) is 0 Å². The van der Waals surface area contributed by atoms with Gasteiger partial charge >= 0.3 is 0 Å². The maximum Gasteiger partial charge on any atom is 0.0991 e. The molecule has 0 saturated heterocycles. The fourth-order valence-corrected chi connectivity index (χ4v) is 1.19. The van der Waals surface area contributed by atoms with Crippen LogP contribution in [0.5, 0.6) is 0 Å². The molecule has 0 spiro atoms. The van der Waals surface area contributed by atoms with Gasteiger partial charge in [0.05, 0.1) is 17.3 Å². The Labute approximate surface area is 82.5 Å². The molecule has 0 unspecified atom stereocenters. The summed E-state index contributed by atoms with van der Waals surface area (Å²) in [5.41, 5.74) is 2.44. The number of nitriles is 1. The lowest BCUT2D eigenvalue weighted by molar-refractivity contribution is 1.32. The average molecular weight is 179 g/mol. The lowest BCUT2D eigenvalue weighted by Crippen LogP contribution is -1.82. The van der Waals surface area contributed by atoms with E-state index in [1.165, 1.54) is 0 Å². The third-order valence-electron chi connectivity index (χ3n) is 1.89. The van der Waals surface area contributed by atoms with E-state index in [1.807, 2.05) is 24.3 Å². The summed E-state index contributed by atoms with van der Waals surface area (Å²) in [6.45, 7) is 0. The van der Waals surface area contributed by atoms with E-state index >= 15 is 0 Å². The number of benzene rings is 1. The second-order valence-corrected chi connectivity index (χ2v) is 2.82. The Balaban J connectivity index is 2.40. The summed E-state index contributed by atoms with van der Waals surface area (Å²) in [6.07, 6.45) is 1.73. The summed E-state index contributed by atoms with van der Waals surface area (Å²) >= 11 is 0. The van der Waals surface area contributed by atoms with Crippen molar-refractivity contribution in [3.63, 3.8) is 0 Å². The predicted molar refractivity (Wildman–Crippen MR) is 53.2 cm³/mol. The summed E-state index contributed by atoms with van der Waals surface area (Å²) in [6, 6.07) is 16.0. The summed E-state index contributed by atoms with van der Waals surface area (Å²) in [5.74, 6) is 0. The first-order chi connectivity index (χ1) is 6.90. The van der Waals surface area contributed by atoms with Crippen molar-refractivity contribution in [3.8, 4) is 17.3 Å². The molecule has 1 aromatic carbocycles. The largest absolute Gasteiger partial charge is 0.256 e. The van der Waals surface area contributed by atoms with Gasteiger partial charge < -0.3 is 0 Å². The Morgan fingerprint density at radius 3 is 2.57 bits per heavy atom. The number of pyridine rings is 1. The maximum absolute atomic E-state index is 8.63. The van der Waals surface area contributed by atoms with E-state index in [-0.39, 0.29) is 0 Å². The first-order valence-corrected chi connectivity index (χ1v) is 4.23. The minimum atomic E-state index is 0.657. The van der Waals surface area contributed by atoms with Crippen molar-refractivity contribution in [2.24, 2.45) is 0 Å². The van der Waals surface area contributed by atoms with Crippen molar-refractivity contribution < 1.29 is 0 Å². The minimum absolute atomic E-state index is 0.657. The van der Waals surface area contributed by atoms with Gasteiger partial charge in [0, 0.05) is 17.8 Å². The molecule has 2 heteroatoms. The zero-order valence-corrected chi connectivity index (χ0v) is 7.44. The average Bonchev–Trinajstić information content (AvgIpc) is 2.30. The van der Waals surface area contributed by atoms with Crippen molar-refractivity contribution in [2.45, 2.75) is 0 Å². The van der Waals surface area contributed by atoms with E-state index in [0.29, 0.717) is 5.56 Å². The number of hydrogen-bond acceptors (Lipinski definition) is 2. The SMILES string of the molecule is N#Cc1ccc(-c2[c]cccn2)cc1. The highest BCUT2D eigenvalue weighted by atomic mass is 14.7. The van der Waals surface area contributed by atoms with Crippen LogP contribution in [0.3, 0.4) is 0 Å². The smallest absolute Gasteiger partial charge is 0.0991 e. The molecule has 0 amide bonds. The molecule has 1 heterocycles. The quantitative estimate of drug-likeness (QED) is 0.674.